The lowest BCUT2D eigenvalue weighted by atomic mass is 9.86. The molecular formula is C12H26N2O2. The van der Waals surface area contributed by atoms with Gasteiger partial charge in [-0.25, -0.2) is 0 Å². The first-order chi connectivity index (χ1) is 7.43. The fourth-order valence-corrected chi connectivity index (χ4v) is 2.53. The van der Waals surface area contributed by atoms with Gasteiger partial charge < -0.3 is 15.2 Å². The lowest BCUT2D eigenvalue weighted by Crippen LogP contribution is -2.48. The Kier molecular flexibility index (Phi) is 4.73. The van der Waals surface area contributed by atoms with Crippen LogP contribution in [0, 0.1) is 5.41 Å². The number of ether oxygens (including phenoxy) is 2. The predicted molar refractivity (Wildman–Crippen MR) is 65.5 cm³/mol. The molecule has 4 nitrogen and oxygen atoms in total. The molecule has 3 unspecified atom stereocenters. The van der Waals surface area contributed by atoms with Crippen LogP contribution in [0.1, 0.15) is 20.8 Å². The van der Waals surface area contributed by atoms with E-state index in [1.165, 1.54) is 0 Å². The van der Waals surface area contributed by atoms with Crippen LogP contribution in [0.15, 0.2) is 0 Å². The summed E-state index contributed by atoms with van der Waals surface area (Å²) in [4.78, 5) is 2.39. The molecule has 0 amide bonds. The SMILES string of the molecule is COC1CN(C(CN)C(C)(C)C)CC1OC. The van der Waals surface area contributed by atoms with Crippen molar-refractivity contribution in [3.8, 4) is 0 Å². The molecule has 0 aromatic rings. The van der Waals surface area contributed by atoms with Gasteiger partial charge in [-0.2, -0.15) is 0 Å². The Bertz CT molecular complexity index is 204. The van der Waals surface area contributed by atoms with E-state index in [2.05, 4.69) is 25.7 Å². The summed E-state index contributed by atoms with van der Waals surface area (Å²) in [6, 6.07) is 0.380. The maximum absolute atomic E-state index is 5.89. The largest absolute Gasteiger partial charge is 0.377 e. The molecule has 0 radical (unpaired) electrons. The summed E-state index contributed by atoms with van der Waals surface area (Å²) < 4.78 is 10.9. The molecule has 1 heterocycles. The number of rotatable bonds is 4. The van der Waals surface area contributed by atoms with E-state index in [1.54, 1.807) is 14.2 Å². The lowest BCUT2D eigenvalue weighted by Gasteiger charge is -2.37. The molecule has 0 aliphatic carbocycles. The van der Waals surface area contributed by atoms with E-state index in [4.69, 9.17) is 15.2 Å². The molecule has 0 saturated carbocycles. The van der Waals surface area contributed by atoms with Crippen LogP contribution in [0.4, 0.5) is 0 Å². The minimum Gasteiger partial charge on any atom is -0.377 e. The fourth-order valence-electron chi connectivity index (χ4n) is 2.53. The maximum Gasteiger partial charge on any atom is 0.0971 e. The normalized spacial score (nSPS) is 29.6. The van der Waals surface area contributed by atoms with E-state index in [9.17, 15) is 0 Å². The number of likely N-dealkylation sites (tertiary alicyclic amines) is 1. The van der Waals surface area contributed by atoms with Crippen LogP contribution in [-0.4, -0.2) is 57.0 Å². The molecule has 0 aromatic carbocycles. The highest BCUT2D eigenvalue weighted by Crippen LogP contribution is 2.28. The second-order valence-electron chi connectivity index (χ2n) is 5.62. The zero-order valence-electron chi connectivity index (χ0n) is 11.2. The number of hydrogen-bond acceptors (Lipinski definition) is 4. The van der Waals surface area contributed by atoms with Gasteiger partial charge in [-0.1, -0.05) is 20.8 Å². The highest BCUT2D eigenvalue weighted by atomic mass is 16.5. The van der Waals surface area contributed by atoms with Crippen LogP contribution in [0.3, 0.4) is 0 Å². The molecule has 4 heteroatoms. The Labute approximate surface area is 99.1 Å². The maximum atomic E-state index is 5.89. The molecule has 3 atom stereocenters. The van der Waals surface area contributed by atoms with Gasteiger partial charge in [0, 0.05) is 39.9 Å². The van der Waals surface area contributed by atoms with Gasteiger partial charge in [0.05, 0.1) is 12.2 Å². The van der Waals surface area contributed by atoms with Crippen molar-refractivity contribution in [3.63, 3.8) is 0 Å². The molecule has 1 aliphatic rings. The van der Waals surface area contributed by atoms with Crippen molar-refractivity contribution >= 4 is 0 Å². The monoisotopic (exact) mass is 230 g/mol. The molecule has 0 bridgehead atoms. The summed E-state index contributed by atoms with van der Waals surface area (Å²) in [7, 11) is 3.49. The van der Waals surface area contributed by atoms with Gasteiger partial charge in [0.1, 0.15) is 0 Å². The summed E-state index contributed by atoms with van der Waals surface area (Å²) in [5.41, 5.74) is 6.08. The lowest BCUT2D eigenvalue weighted by molar-refractivity contribution is -0.00461. The third-order valence-electron chi connectivity index (χ3n) is 3.51. The Morgan fingerprint density at radius 3 is 1.88 bits per heavy atom. The van der Waals surface area contributed by atoms with E-state index in [0.717, 1.165) is 13.1 Å². The van der Waals surface area contributed by atoms with Crippen molar-refractivity contribution < 1.29 is 9.47 Å². The summed E-state index contributed by atoms with van der Waals surface area (Å²) in [5, 5.41) is 0. The van der Waals surface area contributed by atoms with Gasteiger partial charge in [-0.3, -0.25) is 4.90 Å². The number of methoxy groups -OCH3 is 2. The van der Waals surface area contributed by atoms with Crippen molar-refractivity contribution in [2.45, 2.75) is 39.0 Å². The third kappa shape index (κ3) is 2.94. The Balaban J connectivity index is 2.68. The average Bonchev–Trinajstić information content (AvgIpc) is 2.59. The van der Waals surface area contributed by atoms with Crippen LogP contribution in [0.25, 0.3) is 0 Å². The number of nitrogens with two attached hydrogens (primary N) is 1. The molecule has 1 saturated heterocycles. The van der Waals surface area contributed by atoms with Crippen molar-refractivity contribution in [1.82, 2.24) is 4.90 Å². The van der Waals surface area contributed by atoms with Gasteiger partial charge in [0.25, 0.3) is 0 Å². The van der Waals surface area contributed by atoms with Crippen molar-refractivity contribution in [3.05, 3.63) is 0 Å². The Morgan fingerprint density at radius 2 is 1.62 bits per heavy atom. The van der Waals surface area contributed by atoms with E-state index in [-0.39, 0.29) is 17.6 Å². The van der Waals surface area contributed by atoms with E-state index in [1.807, 2.05) is 0 Å². The van der Waals surface area contributed by atoms with Crippen LogP contribution in [-0.2, 0) is 9.47 Å². The molecule has 1 fully saturated rings. The van der Waals surface area contributed by atoms with Gasteiger partial charge in [-0.05, 0) is 5.41 Å². The van der Waals surface area contributed by atoms with Gasteiger partial charge in [0.15, 0.2) is 0 Å². The first-order valence-electron chi connectivity index (χ1n) is 5.93. The highest BCUT2D eigenvalue weighted by Gasteiger charge is 2.39. The first-order valence-corrected chi connectivity index (χ1v) is 5.93. The number of hydrogen-bond donors (Lipinski definition) is 1. The standard InChI is InChI=1S/C12H26N2O2/c1-12(2,3)11(6-13)14-7-9(15-4)10(8-14)16-5/h9-11H,6-8,13H2,1-5H3. The highest BCUT2D eigenvalue weighted by molar-refractivity contribution is 4.93. The summed E-state index contributed by atoms with van der Waals surface area (Å²) in [6.45, 7) is 9.18. The van der Waals surface area contributed by atoms with E-state index >= 15 is 0 Å². The third-order valence-corrected chi connectivity index (χ3v) is 3.51. The smallest absolute Gasteiger partial charge is 0.0971 e. The molecular weight excluding hydrogens is 204 g/mol. The second kappa shape index (κ2) is 5.45. The van der Waals surface area contributed by atoms with Crippen molar-refractivity contribution in [1.29, 1.82) is 0 Å². The Hall–Kier alpha value is -0.160. The average molecular weight is 230 g/mol. The van der Waals surface area contributed by atoms with Gasteiger partial charge >= 0.3 is 0 Å². The number of nitrogens with zero attached hydrogens (tertiary/aromatic N) is 1. The quantitative estimate of drug-likeness (QED) is 0.772. The van der Waals surface area contributed by atoms with Crippen LogP contribution >= 0.6 is 0 Å². The fraction of sp³-hybridized carbons (Fsp3) is 1.00. The second-order valence-corrected chi connectivity index (χ2v) is 5.62. The topological polar surface area (TPSA) is 47.7 Å². The van der Waals surface area contributed by atoms with Crippen LogP contribution < -0.4 is 5.73 Å². The van der Waals surface area contributed by atoms with E-state index < -0.39 is 0 Å². The summed E-state index contributed by atoms with van der Waals surface area (Å²) in [5.74, 6) is 0. The minimum atomic E-state index is 0.168. The van der Waals surface area contributed by atoms with Crippen LogP contribution in [0.2, 0.25) is 0 Å². The molecule has 96 valence electrons. The van der Waals surface area contributed by atoms with Crippen molar-refractivity contribution in [2.24, 2.45) is 11.1 Å². The van der Waals surface area contributed by atoms with Gasteiger partial charge in [-0.15, -0.1) is 0 Å². The molecule has 0 spiro atoms. The predicted octanol–water partition coefficient (Wildman–Crippen LogP) is 0.705. The zero-order chi connectivity index (χ0) is 12.3. The molecule has 0 aromatic heterocycles. The molecule has 1 aliphatic heterocycles. The summed E-state index contributed by atoms with van der Waals surface area (Å²) in [6.07, 6.45) is 0.336. The molecule has 16 heavy (non-hydrogen) atoms. The van der Waals surface area contributed by atoms with Crippen molar-refractivity contribution in [2.75, 3.05) is 33.9 Å². The zero-order valence-corrected chi connectivity index (χ0v) is 11.2. The van der Waals surface area contributed by atoms with Crippen LogP contribution in [0.5, 0.6) is 0 Å². The minimum absolute atomic E-state index is 0.168. The van der Waals surface area contributed by atoms with E-state index in [0.29, 0.717) is 12.6 Å². The summed E-state index contributed by atoms with van der Waals surface area (Å²) >= 11 is 0. The van der Waals surface area contributed by atoms with Gasteiger partial charge in [0.2, 0.25) is 0 Å². The Morgan fingerprint density at radius 1 is 1.19 bits per heavy atom. The first kappa shape index (κ1) is 13.9. The molecule has 1 rings (SSSR count). The molecule has 2 N–H and O–H groups in total.